The number of hydrogen-bond acceptors (Lipinski definition) is 4. The third-order valence-corrected chi connectivity index (χ3v) is 5.80. The van der Waals surface area contributed by atoms with Gasteiger partial charge in [-0.3, -0.25) is 14.6 Å². The van der Waals surface area contributed by atoms with E-state index in [1.54, 1.807) is 24.5 Å². The van der Waals surface area contributed by atoms with E-state index in [0.29, 0.717) is 36.5 Å². The highest BCUT2D eigenvalue weighted by Gasteiger charge is 2.52. The minimum Gasteiger partial charge on any atom is -0.371 e. The third kappa shape index (κ3) is 3.40. The Balaban J connectivity index is 1.19. The van der Waals surface area contributed by atoms with Crippen LogP contribution in [0, 0.1) is 17.8 Å². The number of carbonyl (C=O) groups is 2. The molecule has 1 aromatic rings. The highest BCUT2D eigenvalue weighted by Crippen LogP contribution is 2.43. The molecule has 1 aliphatic carbocycles. The smallest absolute Gasteiger partial charge is 0.252 e. The van der Waals surface area contributed by atoms with Gasteiger partial charge in [-0.25, -0.2) is 0 Å². The average Bonchev–Trinajstić information content (AvgIpc) is 3.35. The van der Waals surface area contributed by atoms with Crippen molar-refractivity contribution in [2.45, 2.75) is 31.8 Å². The monoisotopic (exact) mass is 343 g/mol. The Hall–Kier alpha value is -1.95. The zero-order chi connectivity index (χ0) is 17.4. The van der Waals surface area contributed by atoms with Crippen LogP contribution in [0.5, 0.6) is 0 Å². The van der Waals surface area contributed by atoms with Crippen molar-refractivity contribution in [1.29, 1.82) is 0 Å². The van der Waals surface area contributed by atoms with Crippen molar-refractivity contribution in [2.24, 2.45) is 17.8 Å². The molecule has 25 heavy (non-hydrogen) atoms. The summed E-state index contributed by atoms with van der Waals surface area (Å²) in [4.78, 5) is 30.2. The van der Waals surface area contributed by atoms with Crippen LogP contribution in [0.2, 0.25) is 0 Å². The minimum absolute atomic E-state index is 0.0904. The fourth-order valence-corrected chi connectivity index (χ4v) is 3.87. The Kier molecular flexibility index (Phi) is 4.23. The fourth-order valence-electron chi connectivity index (χ4n) is 3.87. The van der Waals surface area contributed by atoms with Crippen LogP contribution in [0.15, 0.2) is 24.5 Å². The van der Waals surface area contributed by atoms with Crippen molar-refractivity contribution < 1.29 is 14.3 Å². The summed E-state index contributed by atoms with van der Waals surface area (Å²) < 4.78 is 6.10. The number of likely N-dealkylation sites (tertiary alicyclic amines) is 1. The molecule has 2 saturated heterocycles. The predicted molar refractivity (Wildman–Crippen MR) is 91.8 cm³/mol. The van der Waals surface area contributed by atoms with Crippen LogP contribution in [-0.4, -0.2) is 53.5 Å². The summed E-state index contributed by atoms with van der Waals surface area (Å²) in [5.74, 6) is 1.37. The van der Waals surface area contributed by atoms with Crippen LogP contribution in [0.1, 0.15) is 36.5 Å². The van der Waals surface area contributed by atoms with E-state index in [2.05, 4.69) is 17.2 Å². The van der Waals surface area contributed by atoms with Crippen LogP contribution in [0.4, 0.5) is 0 Å². The van der Waals surface area contributed by atoms with Gasteiger partial charge in [-0.05, 0) is 43.2 Å². The number of nitrogens with one attached hydrogen (secondary N) is 1. The van der Waals surface area contributed by atoms with Gasteiger partial charge in [-0.15, -0.1) is 0 Å². The van der Waals surface area contributed by atoms with Crippen molar-refractivity contribution in [3.63, 3.8) is 0 Å². The van der Waals surface area contributed by atoms with Crippen LogP contribution in [0.3, 0.4) is 0 Å². The SMILES string of the molecule is C[C@@H]1C[C@@H]1C(=O)N1CC2(CC[C@@H](CNC(=O)c3cccnc3)CO2)C1. The number of aromatic nitrogens is 1. The number of nitrogens with zero attached hydrogens (tertiary/aromatic N) is 2. The Morgan fingerprint density at radius 2 is 2.24 bits per heavy atom. The van der Waals surface area contributed by atoms with Gasteiger partial charge in [-0.1, -0.05) is 6.92 Å². The van der Waals surface area contributed by atoms with Gasteiger partial charge in [0, 0.05) is 24.9 Å². The maximum atomic E-state index is 12.2. The molecule has 0 aromatic carbocycles. The molecular formula is C19H25N3O3. The van der Waals surface area contributed by atoms with Crippen LogP contribution in [0.25, 0.3) is 0 Å². The average molecular weight is 343 g/mol. The quantitative estimate of drug-likeness (QED) is 0.899. The van der Waals surface area contributed by atoms with E-state index in [9.17, 15) is 9.59 Å². The maximum absolute atomic E-state index is 12.2. The lowest BCUT2D eigenvalue weighted by atomic mass is 9.82. The predicted octanol–water partition coefficient (Wildman–Crippen LogP) is 1.47. The largest absolute Gasteiger partial charge is 0.371 e. The van der Waals surface area contributed by atoms with Gasteiger partial charge in [0.2, 0.25) is 5.91 Å². The number of pyridine rings is 1. The summed E-state index contributed by atoms with van der Waals surface area (Å²) >= 11 is 0. The van der Waals surface area contributed by atoms with Gasteiger partial charge in [0.05, 0.1) is 25.3 Å². The molecule has 6 nitrogen and oxygen atoms in total. The summed E-state index contributed by atoms with van der Waals surface area (Å²) in [6.45, 7) is 4.88. The van der Waals surface area contributed by atoms with Gasteiger partial charge < -0.3 is 15.0 Å². The highest BCUT2D eigenvalue weighted by molar-refractivity contribution is 5.93. The molecule has 3 atom stereocenters. The van der Waals surface area contributed by atoms with E-state index in [-0.39, 0.29) is 17.4 Å². The Morgan fingerprint density at radius 1 is 1.44 bits per heavy atom. The van der Waals surface area contributed by atoms with Gasteiger partial charge in [0.25, 0.3) is 5.91 Å². The number of hydrogen-bond donors (Lipinski definition) is 1. The zero-order valence-corrected chi connectivity index (χ0v) is 14.6. The molecule has 3 fully saturated rings. The molecule has 3 aliphatic rings. The summed E-state index contributed by atoms with van der Waals surface area (Å²) in [5, 5.41) is 2.96. The topological polar surface area (TPSA) is 71.5 Å². The van der Waals surface area contributed by atoms with Crippen LogP contribution >= 0.6 is 0 Å². The van der Waals surface area contributed by atoms with E-state index in [1.165, 1.54) is 0 Å². The first kappa shape index (κ1) is 16.5. The standard InChI is InChI=1S/C19H25N3O3/c1-13-7-16(13)18(24)22-11-19(12-22)5-4-14(10-25-19)8-21-17(23)15-3-2-6-20-9-15/h2-3,6,9,13-14,16H,4-5,7-8,10-12H2,1H3,(H,21,23)/t13-,14+,16+/m1/s1. The van der Waals surface area contributed by atoms with E-state index in [1.807, 2.05) is 4.90 Å². The summed E-state index contributed by atoms with van der Waals surface area (Å²) in [7, 11) is 0. The summed E-state index contributed by atoms with van der Waals surface area (Å²) in [6.07, 6.45) is 6.26. The highest BCUT2D eigenvalue weighted by atomic mass is 16.5. The fraction of sp³-hybridized carbons (Fsp3) is 0.632. The lowest BCUT2D eigenvalue weighted by Gasteiger charge is -2.53. The first-order chi connectivity index (χ1) is 12.1. The Bertz CT molecular complexity index is 647. The van der Waals surface area contributed by atoms with E-state index in [0.717, 1.165) is 32.4 Å². The lowest BCUT2D eigenvalue weighted by Crippen LogP contribution is -2.66. The number of amides is 2. The van der Waals surface area contributed by atoms with Gasteiger partial charge >= 0.3 is 0 Å². The lowest BCUT2D eigenvalue weighted by molar-refractivity contribution is -0.189. The maximum Gasteiger partial charge on any atom is 0.252 e. The number of carbonyl (C=O) groups excluding carboxylic acids is 2. The normalized spacial score (nSPS) is 29.8. The molecule has 6 heteroatoms. The summed E-state index contributed by atoms with van der Waals surface area (Å²) in [5.41, 5.74) is 0.454. The minimum atomic E-state index is -0.127. The molecule has 3 heterocycles. The van der Waals surface area contributed by atoms with E-state index < -0.39 is 0 Å². The molecule has 4 rings (SSSR count). The number of rotatable bonds is 4. The molecule has 0 unspecified atom stereocenters. The first-order valence-electron chi connectivity index (χ1n) is 9.17. The van der Waals surface area contributed by atoms with Crippen LogP contribution < -0.4 is 5.32 Å². The second-order valence-corrected chi connectivity index (χ2v) is 7.86. The van der Waals surface area contributed by atoms with Gasteiger partial charge in [0.1, 0.15) is 5.60 Å². The van der Waals surface area contributed by atoms with Crippen LogP contribution in [-0.2, 0) is 9.53 Å². The van der Waals surface area contributed by atoms with E-state index in [4.69, 9.17) is 4.74 Å². The second kappa shape index (κ2) is 6.41. The first-order valence-corrected chi connectivity index (χ1v) is 9.17. The molecule has 0 radical (unpaired) electrons. The second-order valence-electron chi connectivity index (χ2n) is 7.86. The van der Waals surface area contributed by atoms with Crippen molar-refractivity contribution in [1.82, 2.24) is 15.2 Å². The molecule has 2 amide bonds. The van der Waals surface area contributed by atoms with Gasteiger partial charge in [0.15, 0.2) is 0 Å². The van der Waals surface area contributed by atoms with Crippen molar-refractivity contribution in [3.05, 3.63) is 30.1 Å². The zero-order valence-electron chi connectivity index (χ0n) is 14.6. The van der Waals surface area contributed by atoms with Gasteiger partial charge in [-0.2, -0.15) is 0 Å². The molecule has 0 bridgehead atoms. The Labute approximate surface area is 147 Å². The Morgan fingerprint density at radius 3 is 2.84 bits per heavy atom. The molecule has 2 aliphatic heterocycles. The molecule has 134 valence electrons. The molecule has 1 saturated carbocycles. The van der Waals surface area contributed by atoms with Crippen molar-refractivity contribution in [2.75, 3.05) is 26.2 Å². The summed E-state index contributed by atoms with van der Waals surface area (Å²) in [6, 6.07) is 3.52. The number of ether oxygens (including phenoxy) is 1. The molecular weight excluding hydrogens is 318 g/mol. The third-order valence-electron chi connectivity index (χ3n) is 5.80. The van der Waals surface area contributed by atoms with Crippen molar-refractivity contribution in [3.8, 4) is 0 Å². The molecule has 1 N–H and O–H groups in total. The molecule has 1 aromatic heterocycles. The van der Waals surface area contributed by atoms with E-state index >= 15 is 0 Å². The van der Waals surface area contributed by atoms with Crippen molar-refractivity contribution >= 4 is 11.8 Å². The molecule has 1 spiro atoms.